The Bertz CT molecular complexity index is 635. The molecule has 1 heterocycles. The molecule has 0 saturated heterocycles. The molecule has 2 nitrogen and oxygen atoms in total. The molecule has 0 aliphatic carbocycles. The first-order chi connectivity index (χ1) is 10.2. The molecule has 2 atom stereocenters. The van der Waals surface area contributed by atoms with Gasteiger partial charge in [0.2, 0.25) is 0 Å². The molecule has 0 fully saturated rings. The highest BCUT2D eigenvalue weighted by Gasteiger charge is 2.24. The van der Waals surface area contributed by atoms with Crippen LogP contribution in [-0.4, -0.2) is 13.2 Å². The lowest BCUT2D eigenvalue weighted by Crippen LogP contribution is -2.26. The molecule has 0 bridgehead atoms. The fourth-order valence-corrected chi connectivity index (χ4v) is 3.35. The van der Waals surface area contributed by atoms with Crippen LogP contribution in [0, 0.1) is 6.92 Å². The minimum Gasteiger partial charge on any atom is -0.497 e. The van der Waals surface area contributed by atoms with E-state index in [1.807, 2.05) is 0 Å². The van der Waals surface area contributed by atoms with Gasteiger partial charge in [0.15, 0.2) is 0 Å². The van der Waals surface area contributed by atoms with Crippen molar-refractivity contribution in [2.24, 2.45) is 0 Å². The highest BCUT2D eigenvalue weighted by atomic mass is 16.5. The lowest BCUT2D eigenvalue weighted by Gasteiger charge is -2.31. The standard InChI is InChI=1S/C19H23NO/c1-13-10-17(21-3)9-8-15(13)12-16-11-14(2)20-19-7-5-4-6-18(16)19/h4-10,14,16,20H,11-12H2,1-3H3. The Kier molecular flexibility index (Phi) is 3.87. The molecule has 0 radical (unpaired) electrons. The van der Waals surface area contributed by atoms with Crippen LogP contribution in [-0.2, 0) is 6.42 Å². The second-order valence-electron chi connectivity index (χ2n) is 6.06. The molecule has 3 rings (SSSR count). The first-order valence-electron chi connectivity index (χ1n) is 7.66. The van der Waals surface area contributed by atoms with Gasteiger partial charge in [0.1, 0.15) is 5.75 Å². The molecule has 2 heteroatoms. The van der Waals surface area contributed by atoms with Crippen LogP contribution in [0.15, 0.2) is 42.5 Å². The van der Waals surface area contributed by atoms with Gasteiger partial charge in [-0.05, 0) is 67.5 Å². The Hall–Kier alpha value is -1.96. The number of methoxy groups -OCH3 is 1. The van der Waals surface area contributed by atoms with Crippen LogP contribution >= 0.6 is 0 Å². The fraction of sp³-hybridized carbons (Fsp3) is 0.368. The lowest BCUT2D eigenvalue weighted by atomic mass is 9.82. The predicted octanol–water partition coefficient (Wildman–Crippen LogP) is 4.53. The van der Waals surface area contributed by atoms with Crippen molar-refractivity contribution >= 4 is 5.69 Å². The number of nitrogens with one attached hydrogen (secondary N) is 1. The number of rotatable bonds is 3. The highest BCUT2D eigenvalue weighted by Crippen LogP contribution is 2.37. The van der Waals surface area contributed by atoms with Crippen LogP contribution < -0.4 is 10.1 Å². The normalized spacial score (nSPS) is 20.5. The summed E-state index contributed by atoms with van der Waals surface area (Å²) in [4.78, 5) is 0. The predicted molar refractivity (Wildman–Crippen MR) is 88.3 cm³/mol. The van der Waals surface area contributed by atoms with Crippen LogP contribution in [0.3, 0.4) is 0 Å². The molecule has 1 N–H and O–H groups in total. The van der Waals surface area contributed by atoms with E-state index in [-0.39, 0.29) is 0 Å². The van der Waals surface area contributed by atoms with Gasteiger partial charge < -0.3 is 10.1 Å². The molecule has 2 aromatic rings. The van der Waals surface area contributed by atoms with Gasteiger partial charge in [-0.2, -0.15) is 0 Å². The summed E-state index contributed by atoms with van der Waals surface area (Å²) in [6.07, 6.45) is 2.28. The SMILES string of the molecule is COc1ccc(CC2CC(C)Nc3ccccc32)c(C)c1. The van der Waals surface area contributed by atoms with E-state index < -0.39 is 0 Å². The van der Waals surface area contributed by atoms with E-state index in [9.17, 15) is 0 Å². The van der Waals surface area contributed by atoms with Gasteiger partial charge in [-0.3, -0.25) is 0 Å². The van der Waals surface area contributed by atoms with E-state index in [1.165, 1.54) is 28.8 Å². The number of para-hydroxylation sites is 1. The highest BCUT2D eigenvalue weighted by molar-refractivity contribution is 5.56. The summed E-state index contributed by atoms with van der Waals surface area (Å²) in [5.41, 5.74) is 5.49. The zero-order valence-electron chi connectivity index (χ0n) is 13.0. The topological polar surface area (TPSA) is 21.3 Å². The van der Waals surface area contributed by atoms with Gasteiger partial charge in [0.05, 0.1) is 7.11 Å². The third-order valence-corrected chi connectivity index (χ3v) is 4.46. The molecule has 0 amide bonds. The number of ether oxygens (including phenoxy) is 1. The molecule has 1 aliphatic heterocycles. The van der Waals surface area contributed by atoms with Gasteiger partial charge in [0, 0.05) is 11.7 Å². The van der Waals surface area contributed by atoms with Crippen molar-refractivity contribution in [1.82, 2.24) is 0 Å². The van der Waals surface area contributed by atoms with Crippen molar-refractivity contribution < 1.29 is 4.74 Å². The summed E-state index contributed by atoms with van der Waals surface area (Å²) < 4.78 is 5.30. The number of fused-ring (bicyclic) bond motifs is 1. The van der Waals surface area contributed by atoms with E-state index >= 15 is 0 Å². The molecule has 2 aromatic carbocycles. The Morgan fingerprint density at radius 3 is 2.76 bits per heavy atom. The second-order valence-corrected chi connectivity index (χ2v) is 6.06. The number of anilines is 1. The maximum Gasteiger partial charge on any atom is 0.119 e. The van der Waals surface area contributed by atoms with Gasteiger partial charge in [-0.1, -0.05) is 24.3 Å². The lowest BCUT2D eigenvalue weighted by molar-refractivity contribution is 0.414. The maximum absolute atomic E-state index is 5.30. The summed E-state index contributed by atoms with van der Waals surface area (Å²) in [5, 5.41) is 3.59. The summed E-state index contributed by atoms with van der Waals surface area (Å²) in [7, 11) is 1.72. The monoisotopic (exact) mass is 281 g/mol. The number of hydrogen-bond donors (Lipinski definition) is 1. The third kappa shape index (κ3) is 2.90. The first kappa shape index (κ1) is 14.0. The van der Waals surface area contributed by atoms with E-state index in [4.69, 9.17) is 4.74 Å². The molecule has 2 unspecified atom stereocenters. The molecule has 0 aromatic heterocycles. The summed E-state index contributed by atoms with van der Waals surface area (Å²) >= 11 is 0. The van der Waals surface area contributed by atoms with Crippen LogP contribution in [0.2, 0.25) is 0 Å². The van der Waals surface area contributed by atoms with E-state index in [1.54, 1.807) is 7.11 Å². The van der Waals surface area contributed by atoms with Crippen molar-refractivity contribution in [1.29, 1.82) is 0 Å². The summed E-state index contributed by atoms with van der Waals surface area (Å²) in [6, 6.07) is 15.7. The maximum atomic E-state index is 5.30. The third-order valence-electron chi connectivity index (χ3n) is 4.46. The smallest absolute Gasteiger partial charge is 0.119 e. The molecular weight excluding hydrogens is 258 g/mol. The molecular formula is C19H23NO. The van der Waals surface area contributed by atoms with Crippen molar-refractivity contribution in [3.8, 4) is 5.75 Å². The quantitative estimate of drug-likeness (QED) is 0.892. The summed E-state index contributed by atoms with van der Waals surface area (Å²) in [5.74, 6) is 1.53. The average Bonchev–Trinajstić information content (AvgIpc) is 2.49. The van der Waals surface area contributed by atoms with Crippen molar-refractivity contribution in [2.45, 2.75) is 38.6 Å². The van der Waals surface area contributed by atoms with Crippen molar-refractivity contribution in [2.75, 3.05) is 12.4 Å². The van der Waals surface area contributed by atoms with Crippen LogP contribution in [0.1, 0.15) is 36.0 Å². The van der Waals surface area contributed by atoms with E-state index in [0.29, 0.717) is 12.0 Å². The van der Waals surface area contributed by atoms with Crippen molar-refractivity contribution in [3.05, 3.63) is 59.2 Å². The Balaban J connectivity index is 1.88. The van der Waals surface area contributed by atoms with E-state index in [0.717, 1.165) is 12.2 Å². The fourth-order valence-electron chi connectivity index (χ4n) is 3.35. The van der Waals surface area contributed by atoms with Gasteiger partial charge >= 0.3 is 0 Å². The molecule has 1 aliphatic rings. The second kappa shape index (κ2) is 5.80. The first-order valence-corrected chi connectivity index (χ1v) is 7.66. The molecule has 110 valence electrons. The van der Waals surface area contributed by atoms with E-state index in [2.05, 4.69) is 61.6 Å². The average molecular weight is 281 g/mol. The summed E-state index contributed by atoms with van der Waals surface area (Å²) in [6.45, 7) is 4.44. The zero-order valence-corrected chi connectivity index (χ0v) is 13.0. The van der Waals surface area contributed by atoms with Crippen LogP contribution in [0.4, 0.5) is 5.69 Å². The largest absolute Gasteiger partial charge is 0.497 e. The van der Waals surface area contributed by atoms with Crippen molar-refractivity contribution in [3.63, 3.8) is 0 Å². The minimum absolute atomic E-state index is 0.531. The minimum atomic E-state index is 0.531. The molecule has 0 saturated carbocycles. The number of aryl methyl sites for hydroxylation is 1. The van der Waals surface area contributed by atoms with Gasteiger partial charge in [-0.15, -0.1) is 0 Å². The Labute approximate surface area is 127 Å². The molecule has 21 heavy (non-hydrogen) atoms. The zero-order chi connectivity index (χ0) is 14.8. The van der Waals surface area contributed by atoms with Gasteiger partial charge in [0.25, 0.3) is 0 Å². The Morgan fingerprint density at radius 1 is 1.19 bits per heavy atom. The molecule has 0 spiro atoms. The van der Waals surface area contributed by atoms with Crippen LogP contribution in [0.25, 0.3) is 0 Å². The number of hydrogen-bond acceptors (Lipinski definition) is 2. The van der Waals surface area contributed by atoms with Crippen LogP contribution in [0.5, 0.6) is 5.75 Å². The van der Waals surface area contributed by atoms with Gasteiger partial charge in [-0.25, -0.2) is 0 Å². The Morgan fingerprint density at radius 2 is 2.00 bits per heavy atom. The number of benzene rings is 2.